The predicted molar refractivity (Wildman–Crippen MR) is 108 cm³/mol. The van der Waals surface area contributed by atoms with E-state index in [1.165, 1.54) is 54.1 Å². The molecule has 1 N–H and O–H groups in total. The van der Waals surface area contributed by atoms with Gasteiger partial charge in [-0.1, -0.05) is 44.9 Å². The van der Waals surface area contributed by atoms with Crippen molar-refractivity contribution in [3.8, 4) is 0 Å². The Hall–Kier alpha value is 0.220. The van der Waals surface area contributed by atoms with Gasteiger partial charge >= 0.3 is 15.2 Å². The molecular formula is C17H39NO7P2. The Kier molecular flexibility index (Phi) is 16.2. The number of nitrogens with zero attached hydrogens (tertiary/aromatic N) is 1. The monoisotopic (exact) mass is 431 g/mol. The minimum absolute atomic E-state index is 0.0432. The lowest BCUT2D eigenvalue weighted by atomic mass is 10.1. The van der Waals surface area contributed by atoms with E-state index in [2.05, 4.69) is 0 Å². The summed E-state index contributed by atoms with van der Waals surface area (Å²) >= 11 is 0. The largest absolute Gasteiger partial charge is 0.396 e. The first kappa shape index (κ1) is 27.2. The Bertz CT molecular complexity index is 407. The summed E-state index contributed by atoms with van der Waals surface area (Å²) in [7, 11) is -1.13. The molecule has 0 aromatic rings. The van der Waals surface area contributed by atoms with E-state index in [-0.39, 0.29) is 19.2 Å². The Morgan fingerprint density at radius 2 is 0.963 bits per heavy atom. The van der Waals surface area contributed by atoms with Gasteiger partial charge in [-0.15, -0.1) is 0 Å². The van der Waals surface area contributed by atoms with Crippen LogP contribution in [0.2, 0.25) is 0 Å². The Labute approximate surface area is 165 Å². The topological polar surface area (TPSA) is 94.5 Å². The zero-order chi connectivity index (χ0) is 20.6. The van der Waals surface area contributed by atoms with Crippen LogP contribution < -0.4 is 0 Å². The summed E-state index contributed by atoms with van der Waals surface area (Å²) in [6, 6.07) is 0. The highest BCUT2D eigenvalue weighted by Gasteiger charge is 2.31. The quantitative estimate of drug-likeness (QED) is 0.233. The van der Waals surface area contributed by atoms with Gasteiger partial charge in [0.1, 0.15) is 12.6 Å². The number of aliphatic hydroxyl groups is 1. The van der Waals surface area contributed by atoms with Crippen LogP contribution in [0.3, 0.4) is 0 Å². The summed E-state index contributed by atoms with van der Waals surface area (Å²) in [6.07, 6.45) is 9.94. The fourth-order valence-electron chi connectivity index (χ4n) is 2.74. The molecule has 0 radical (unpaired) electrons. The summed E-state index contributed by atoms with van der Waals surface area (Å²) < 4.78 is 44.9. The van der Waals surface area contributed by atoms with Gasteiger partial charge in [0.2, 0.25) is 0 Å². The number of unbranched alkanes of at least 4 members (excludes halogenated alkanes) is 8. The van der Waals surface area contributed by atoms with Gasteiger partial charge in [-0.05, 0) is 19.4 Å². The van der Waals surface area contributed by atoms with E-state index in [4.69, 9.17) is 23.2 Å². The SMILES string of the molecule is COP(=O)(CN(CCCCCCCCCCCO)CP(=O)(OC)OC)OC. The Morgan fingerprint density at radius 1 is 0.630 bits per heavy atom. The second-order valence-corrected chi connectivity index (χ2v) is 11.0. The molecule has 0 atom stereocenters. The summed E-state index contributed by atoms with van der Waals surface area (Å²) in [5, 5.41) is 8.74. The zero-order valence-electron chi connectivity index (χ0n) is 17.4. The van der Waals surface area contributed by atoms with Crippen LogP contribution in [-0.4, -0.2) is 64.2 Å². The molecule has 10 heteroatoms. The Morgan fingerprint density at radius 3 is 1.30 bits per heavy atom. The molecule has 0 fully saturated rings. The van der Waals surface area contributed by atoms with Crippen LogP contribution >= 0.6 is 15.2 Å². The number of hydrogen-bond donors (Lipinski definition) is 1. The van der Waals surface area contributed by atoms with Crippen LogP contribution in [0.4, 0.5) is 0 Å². The lowest BCUT2D eigenvalue weighted by Crippen LogP contribution is -2.28. The Balaban J connectivity index is 4.29. The van der Waals surface area contributed by atoms with Gasteiger partial charge in [0, 0.05) is 35.0 Å². The van der Waals surface area contributed by atoms with Crippen LogP contribution in [0.25, 0.3) is 0 Å². The fraction of sp³-hybridized carbons (Fsp3) is 1.00. The minimum atomic E-state index is -3.25. The van der Waals surface area contributed by atoms with Crippen molar-refractivity contribution in [2.75, 3.05) is 54.2 Å². The van der Waals surface area contributed by atoms with Gasteiger partial charge in [0.15, 0.2) is 0 Å². The third-order valence-corrected chi connectivity index (χ3v) is 8.21. The first-order chi connectivity index (χ1) is 12.9. The van der Waals surface area contributed by atoms with Crippen molar-refractivity contribution in [3.05, 3.63) is 0 Å². The average Bonchev–Trinajstić information content (AvgIpc) is 2.69. The molecule has 0 aliphatic carbocycles. The highest BCUT2D eigenvalue weighted by atomic mass is 31.2. The number of hydrogen-bond acceptors (Lipinski definition) is 8. The van der Waals surface area contributed by atoms with Gasteiger partial charge in [-0.25, -0.2) is 0 Å². The van der Waals surface area contributed by atoms with Gasteiger partial charge < -0.3 is 23.2 Å². The van der Waals surface area contributed by atoms with Crippen molar-refractivity contribution in [2.24, 2.45) is 0 Å². The van der Waals surface area contributed by atoms with Gasteiger partial charge in [-0.3, -0.25) is 14.0 Å². The number of rotatable bonds is 19. The molecule has 0 unspecified atom stereocenters. The van der Waals surface area contributed by atoms with Crippen molar-refractivity contribution < 1.29 is 32.3 Å². The molecule has 0 spiro atoms. The molecule has 0 aromatic carbocycles. The lowest BCUT2D eigenvalue weighted by Gasteiger charge is -2.27. The van der Waals surface area contributed by atoms with E-state index in [0.717, 1.165) is 32.1 Å². The van der Waals surface area contributed by atoms with E-state index in [9.17, 15) is 9.13 Å². The molecule has 0 saturated heterocycles. The molecule has 0 saturated carbocycles. The van der Waals surface area contributed by atoms with Crippen LogP contribution in [0.5, 0.6) is 0 Å². The van der Waals surface area contributed by atoms with Crippen LogP contribution in [0.1, 0.15) is 57.8 Å². The molecule has 8 nitrogen and oxygen atoms in total. The third-order valence-electron chi connectivity index (χ3n) is 4.49. The summed E-state index contributed by atoms with van der Waals surface area (Å²) in [5.74, 6) is 0. The molecule has 0 heterocycles. The smallest absolute Gasteiger partial charge is 0.344 e. The summed E-state index contributed by atoms with van der Waals surface area (Å²) in [5.41, 5.74) is 0. The first-order valence-corrected chi connectivity index (χ1v) is 13.1. The van der Waals surface area contributed by atoms with Crippen molar-refractivity contribution in [3.63, 3.8) is 0 Å². The highest BCUT2D eigenvalue weighted by Crippen LogP contribution is 2.51. The zero-order valence-corrected chi connectivity index (χ0v) is 19.2. The molecule has 0 aliphatic heterocycles. The molecule has 27 heavy (non-hydrogen) atoms. The molecule has 0 aromatic heterocycles. The van der Waals surface area contributed by atoms with Crippen molar-refractivity contribution in [1.29, 1.82) is 0 Å². The van der Waals surface area contributed by atoms with Crippen molar-refractivity contribution >= 4 is 15.2 Å². The predicted octanol–water partition coefficient (Wildman–Crippen LogP) is 4.68. The van der Waals surface area contributed by atoms with Gasteiger partial charge in [-0.2, -0.15) is 0 Å². The maximum Gasteiger partial charge on any atom is 0.344 e. The van der Waals surface area contributed by atoms with E-state index in [1.54, 1.807) is 4.90 Å². The standard InChI is InChI=1S/C17H39NO7P2/c1-22-26(20,23-2)16-18(17-27(21,24-3)25-4)14-12-10-8-6-5-7-9-11-13-15-19/h19H,5-17H2,1-4H3. The third kappa shape index (κ3) is 13.1. The maximum atomic E-state index is 12.4. The molecular weight excluding hydrogens is 392 g/mol. The molecule has 0 amide bonds. The first-order valence-electron chi connectivity index (χ1n) is 9.63. The van der Waals surface area contributed by atoms with Gasteiger partial charge in [0.05, 0.1) is 0 Å². The van der Waals surface area contributed by atoms with E-state index in [0.29, 0.717) is 6.54 Å². The molecule has 0 aliphatic rings. The average molecular weight is 431 g/mol. The molecule has 0 bridgehead atoms. The van der Waals surface area contributed by atoms with E-state index in [1.807, 2.05) is 0 Å². The number of aliphatic hydroxyl groups excluding tert-OH is 1. The molecule has 0 rings (SSSR count). The van der Waals surface area contributed by atoms with E-state index >= 15 is 0 Å². The van der Waals surface area contributed by atoms with Crippen molar-refractivity contribution in [1.82, 2.24) is 4.90 Å². The van der Waals surface area contributed by atoms with Crippen molar-refractivity contribution in [2.45, 2.75) is 57.8 Å². The van der Waals surface area contributed by atoms with Crippen LogP contribution in [-0.2, 0) is 27.2 Å². The second kappa shape index (κ2) is 16.1. The fourth-order valence-corrected chi connectivity index (χ4v) is 5.12. The van der Waals surface area contributed by atoms with E-state index < -0.39 is 15.2 Å². The summed E-state index contributed by atoms with van der Waals surface area (Å²) in [6.45, 7) is 0.901. The second-order valence-electron chi connectivity index (χ2n) is 6.53. The highest BCUT2D eigenvalue weighted by molar-refractivity contribution is 7.54. The minimum Gasteiger partial charge on any atom is -0.396 e. The van der Waals surface area contributed by atoms with Gasteiger partial charge in [0.25, 0.3) is 0 Å². The summed E-state index contributed by atoms with van der Waals surface area (Å²) in [4.78, 5) is 1.77. The normalized spacial score (nSPS) is 12.8. The van der Waals surface area contributed by atoms with Crippen LogP contribution in [0.15, 0.2) is 0 Å². The maximum absolute atomic E-state index is 12.4. The lowest BCUT2D eigenvalue weighted by molar-refractivity contribution is 0.221. The molecule has 164 valence electrons. The van der Waals surface area contributed by atoms with Crippen LogP contribution in [0, 0.1) is 0 Å².